The van der Waals surface area contributed by atoms with Crippen molar-refractivity contribution in [3.8, 4) is 5.75 Å². The van der Waals surface area contributed by atoms with Gasteiger partial charge in [0, 0.05) is 12.1 Å². The zero-order valence-electron chi connectivity index (χ0n) is 17.9. The fourth-order valence-corrected chi connectivity index (χ4v) is 4.27. The Morgan fingerprint density at radius 2 is 1.75 bits per heavy atom. The first-order valence-electron chi connectivity index (χ1n) is 10.4. The average molecular weight is 447 g/mol. The van der Waals surface area contributed by atoms with Crippen molar-refractivity contribution in [2.75, 3.05) is 6.54 Å². The molecule has 162 valence electrons. The number of nitrogens with zero attached hydrogens (tertiary/aromatic N) is 2. The number of para-hydroxylation sites is 1. The molecule has 0 aromatic heterocycles. The van der Waals surface area contributed by atoms with Crippen LogP contribution in [0.25, 0.3) is 6.08 Å². The van der Waals surface area contributed by atoms with Crippen LogP contribution in [0.4, 0.5) is 10.1 Å². The molecule has 32 heavy (non-hydrogen) atoms. The molecule has 1 amide bonds. The molecule has 4 nitrogen and oxygen atoms in total. The van der Waals surface area contributed by atoms with Crippen molar-refractivity contribution in [2.24, 2.45) is 4.99 Å². The fourth-order valence-electron chi connectivity index (χ4n) is 3.21. The van der Waals surface area contributed by atoms with E-state index in [0.29, 0.717) is 34.7 Å². The zero-order chi connectivity index (χ0) is 22.5. The number of ether oxygens (including phenoxy) is 1. The number of halogens is 1. The first-order chi connectivity index (χ1) is 15.5. The average Bonchev–Trinajstić information content (AvgIpc) is 3.09. The Bertz CT molecular complexity index is 1170. The van der Waals surface area contributed by atoms with Gasteiger partial charge in [-0.2, -0.15) is 0 Å². The summed E-state index contributed by atoms with van der Waals surface area (Å²) in [5, 5.41) is 0.577. The zero-order valence-corrected chi connectivity index (χ0v) is 18.7. The first kappa shape index (κ1) is 21.8. The highest BCUT2D eigenvalue weighted by atomic mass is 32.2. The van der Waals surface area contributed by atoms with Gasteiger partial charge in [0.05, 0.1) is 10.6 Å². The molecule has 1 aliphatic heterocycles. The minimum atomic E-state index is -0.320. The molecule has 1 heterocycles. The van der Waals surface area contributed by atoms with Crippen LogP contribution in [0.5, 0.6) is 5.75 Å². The predicted molar refractivity (Wildman–Crippen MR) is 128 cm³/mol. The predicted octanol–water partition coefficient (Wildman–Crippen LogP) is 6.34. The highest BCUT2D eigenvalue weighted by Crippen LogP contribution is 2.35. The van der Waals surface area contributed by atoms with Crippen LogP contribution in [-0.2, 0) is 11.4 Å². The lowest BCUT2D eigenvalue weighted by atomic mass is 10.1. The molecule has 0 atom stereocenters. The number of rotatable bonds is 6. The Morgan fingerprint density at radius 1 is 1.03 bits per heavy atom. The SMILES string of the molecule is CCN1C(=O)/C(=C\c2ccccc2OCc2ccc(C)cc2)SC1=Nc1ccc(F)cc1. The van der Waals surface area contributed by atoms with E-state index in [1.807, 2.05) is 49.4 Å². The van der Waals surface area contributed by atoms with Gasteiger partial charge >= 0.3 is 0 Å². The van der Waals surface area contributed by atoms with Gasteiger partial charge in [0.1, 0.15) is 18.2 Å². The summed E-state index contributed by atoms with van der Waals surface area (Å²) in [6.07, 6.45) is 1.84. The van der Waals surface area contributed by atoms with Crippen molar-refractivity contribution < 1.29 is 13.9 Å². The monoisotopic (exact) mass is 446 g/mol. The first-order valence-corrected chi connectivity index (χ1v) is 11.2. The quantitative estimate of drug-likeness (QED) is 0.415. The molecule has 0 saturated carbocycles. The van der Waals surface area contributed by atoms with E-state index in [9.17, 15) is 9.18 Å². The Hall–Kier alpha value is -3.38. The molecule has 1 saturated heterocycles. The van der Waals surface area contributed by atoms with Gasteiger partial charge in [-0.3, -0.25) is 9.69 Å². The molecule has 4 rings (SSSR count). The van der Waals surface area contributed by atoms with Gasteiger partial charge in [-0.15, -0.1) is 0 Å². The second kappa shape index (κ2) is 9.83. The molecule has 0 bridgehead atoms. The molecule has 0 spiro atoms. The summed E-state index contributed by atoms with van der Waals surface area (Å²) < 4.78 is 19.2. The number of hydrogen-bond acceptors (Lipinski definition) is 4. The number of carbonyl (C=O) groups is 1. The molecule has 3 aromatic carbocycles. The van der Waals surface area contributed by atoms with E-state index in [-0.39, 0.29) is 11.7 Å². The molecule has 0 radical (unpaired) electrons. The topological polar surface area (TPSA) is 41.9 Å². The van der Waals surface area contributed by atoms with E-state index < -0.39 is 0 Å². The van der Waals surface area contributed by atoms with Crippen LogP contribution in [0.3, 0.4) is 0 Å². The number of thioether (sulfide) groups is 1. The largest absolute Gasteiger partial charge is 0.488 e. The highest BCUT2D eigenvalue weighted by molar-refractivity contribution is 8.18. The van der Waals surface area contributed by atoms with Crippen LogP contribution in [0.1, 0.15) is 23.6 Å². The van der Waals surface area contributed by atoms with Crippen LogP contribution < -0.4 is 4.74 Å². The van der Waals surface area contributed by atoms with Crippen LogP contribution in [0.15, 0.2) is 82.7 Å². The van der Waals surface area contributed by atoms with Crippen LogP contribution in [0, 0.1) is 12.7 Å². The van der Waals surface area contributed by atoms with Gasteiger partial charge < -0.3 is 4.74 Å². The minimum absolute atomic E-state index is 0.105. The molecule has 0 aliphatic carbocycles. The lowest BCUT2D eigenvalue weighted by Crippen LogP contribution is -2.28. The summed E-state index contributed by atoms with van der Waals surface area (Å²) in [7, 11) is 0. The van der Waals surface area contributed by atoms with Gasteiger partial charge in [0.25, 0.3) is 5.91 Å². The molecule has 1 aliphatic rings. The van der Waals surface area contributed by atoms with Crippen molar-refractivity contribution in [2.45, 2.75) is 20.5 Å². The van der Waals surface area contributed by atoms with Crippen LogP contribution in [0.2, 0.25) is 0 Å². The Morgan fingerprint density at radius 3 is 2.47 bits per heavy atom. The van der Waals surface area contributed by atoms with Crippen LogP contribution >= 0.6 is 11.8 Å². The number of benzene rings is 3. The normalized spacial score (nSPS) is 16.2. The molecule has 6 heteroatoms. The summed E-state index contributed by atoms with van der Waals surface area (Å²) in [6, 6.07) is 21.8. The maximum atomic E-state index is 13.2. The van der Waals surface area contributed by atoms with Gasteiger partial charge in [-0.1, -0.05) is 48.0 Å². The van der Waals surface area contributed by atoms with Gasteiger partial charge in [-0.05, 0) is 67.6 Å². The minimum Gasteiger partial charge on any atom is -0.488 e. The van der Waals surface area contributed by atoms with E-state index in [1.54, 1.807) is 17.0 Å². The van der Waals surface area contributed by atoms with Gasteiger partial charge in [0.15, 0.2) is 5.17 Å². The number of amides is 1. The van der Waals surface area contributed by atoms with Crippen molar-refractivity contribution in [3.05, 3.63) is 100 Å². The van der Waals surface area contributed by atoms with Crippen molar-refractivity contribution in [1.29, 1.82) is 0 Å². The second-order valence-electron chi connectivity index (χ2n) is 7.34. The van der Waals surface area contributed by atoms with E-state index in [0.717, 1.165) is 11.1 Å². The summed E-state index contributed by atoms with van der Waals surface area (Å²) in [5.41, 5.74) is 3.71. The third-order valence-electron chi connectivity index (χ3n) is 4.98. The molecular formula is C26H23FN2O2S. The molecule has 0 N–H and O–H groups in total. The molecule has 1 fully saturated rings. The number of aryl methyl sites for hydroxylation is 1. The number of likely N-dealkylation sites (N-methyl/N-ethyl adjacent to an activating group) is 1. The number of aliphatic imine (C=N–C) groups is 1. The van der Waals surface area contributed by atoms with Crippen molar-refractivity contribution >= 4 is 34.6 Å². The lowest BCUT2D eigenvalue weighted by molar-refractivity contribution is -0.122. The third kappa shape index (κ3) is 5.08. The van der Waals surface area contributed by atoms with E-state index >= 15 is 0 Å². The third-order valence-corrected chi connectivity index (χ3v) is 5.98. The maximum Gasteiger partial charge on any atom is 0.266 e. The fraction of sp³-hybridized carbons (Fsp3) is 0.154. The smallest absolute Gasteiger partial charge is 0.266 e. The van der Waals surface area contributed by atoms with E-state index in [2.05, 4.69) is 24.0 Å². The van der Waals surface area contributed by atoms with Crippen molar-refractivity contribution in [1.82, 2.24) is 4.90 Å². The summed E-state index contributed by atoms with van der Waals surface area (Å²) in [4.78, 5) is 19.7. The standard InChI is InChI=1S/C26H23FN2O2S/c1-3-29-25(30)24(32-26(29)28-22-14-12-21(27)13-15-22)16-20-6-4-5-7-23(20)31-17-19-10-8-18(2)9-11-19/h4-16H,3,17H2,1-2H3/b24-16+,28-26?. The van der Waals surface area contributed by atoms with Crippen molar-refractivity contribution in [3.63, 3.8) is 0 Å². The summed E-state index contributed by atoms with van der Waals surface area (Å²) >= 11 is 1.31. The van der Waals surface area contributed by atoms with E-state index in [1.165, 1.54) is 29.5 Å². The Kier molecular flexibility index (Phi) is 6.71. The number of hydrogen-bond donors (Lipinski definition) is 0. The molecule has 0 unspecified atom stereocenters. The Balaban J connectivity index is 1.57. The maximum absolute atomic E-state index is 13.2. The molecule has 3 aromatic rings. The van der Waals surface area contributed by atoms with E-state index in [4.69, 9.17) is 4.74 Å². The second-order valence-corrected chi connectivity index (χ2v) is 8.35. The number of amidine groups is 1. The highest BCUT2D eigenvalue weighted by Gasteiger charge is 2.32. The van der Waals surface area contributed by atoms with Gasteiger partial charge in [-0.25, -0.2) is 9.38 Å². The van der Waals surface area contributed by atoms with Gasteiger partial charge in [0.2, 0.25) is 0 Å². The summed E-state index contributed by atoms with van der Waals surface area (Å²) in [5.74, 6) is 0.284. The lowest BCUT2D eigenvalue weighted by Gasteiger charge is -2.12. The van der Waals surface area contributed by atoms with Crippen LogP contribution in [-0.4, -0.2) is 22.5 Å². The number of carbonyl (C=O) groups excluding carboxylic acids is 1. The Labute approximate surface area is 191 Å². The summed E-state index contributed by atoms with van der Waals surface area (Å²) in [6.45, 7) is 4.89. The molecular weight excluding hydrogens is 423 g/mol.